The van der Waals surface area contributed by atoms with Crippen LogP contribution < -0.4 is 11.3 Å². The molecule has 0 radical (unpaired) electrons. The van der Waals surface area contributed by atoms with Gasteiger partial charge < -0.3 is 4.74 Å². The van der Waals surface area contributed by atoms with Gasteiger partial charge in [-0.2, -0.15) is 0 Å². The monoisotopic (exact) mass is 214 g/mol. The van der Waals surface area contributed by atoms with Crippen molar-refractivity contribution in [2.75, 3.05) is 6.61 Å². The van der Waals surface area contributed by atoms with E-state index >= 15 is 0 Å². The van der Waals surface area contributed by atoms with Crippen LogP contribution in [0.25, 0.3) is 0 Å². The van der Waals surface area contributed by atoms with Gasteiger partial charge in [-0.05, 0) is 25.3 Å². The fourth-order valence-electron chi connectivity index (χ4n) is 1.38. The number of ether oxygens (including phenoxy) is 1. The molecule has 2 unspecified atom stereocenters. The summed E-state index contributed by atoms with van der Waals surface area (Å²) in [5.41, 5.74) is 2.81. The molecule has 0 spiro atoms. The van der Waals surface area contributed by atoms with E-state index in [1.54, 1.807) is 11.3 Å². The second-order valence-electron chi connectivity index (χ2n) is 3.22. The topological polar surface area (TPSA) is 47.3 Å². The Hall–Kier alpha value is -0.420. The first-order chi connectivity index (χ1) is 6.77. The van der Waals surface area contributed by atoms with E-state index in [2.05, 4.69) is 22.9 Å². The molecule has 0 saturated carbocycles. The van der Waals surface area contributed by atoms with Crippen LogP contribution in [-0.4, -0.2) is 18.8 Å². The smallest absolute Gasteiger partial charge is 0.0716 e. The molecule has 0 saturated heterocycles. The minimum absolute atomic E-state index is 0.145. The van der Waals surface area contributed by atoms with E-state index in [1.807, 2.05) is 13.8 Å². The van der Waals surface area contributed by atoms with E-state index < -0.39 is 0 Å². The second kappa shape index (κ2) is 6.14. The highest BCUT2D eigenvalue weighted by molar-refractivity contribution is 7.09. The lowest BCUT2D eigenvalue weighted by molar-refractivity contribution is 0.0478. The highest BCUT2D eigenvalue weighted by Gasteiger charge is 2.16. The molecule has 0 aliphatic rings. The summed E-state index contributed by atoms with van der Waals surface area (Å²) in [5, 5.41) is 2.08. The van der Waals surface area contributed by atoms with Gasteiger partial charge in [-0.15, -0.1) is 11.3 Å². The van der Waals surface area contributed by atoms with Crippen LogP contribution in [0.15, 0.2) is 17.5 Å². The molecular weight excluding hydrogens is 196 g/mol. The minimum Gasteiger partial charge on any atom is -0.377 e. The Labute approximate surface area is 89.2 Å². The third-order valence-electron chi connectivity index (χ3n) is 2.21. The van der Waals surface area contributed by atoms with Crippen LogP contribution in [0.5, 0.6) is 0 Å². The van der Waals surface area contributed by atoms with Gasteiger partial charge in [0.1, 0.15) is 0 Å². The summed E-state index contributed by atoms with van der Waals surface area (Å²) in [7, 11) is 0. The Balaban J connectivity index is 2.46. The molecule has 1 aromatic rings. The molecule has 3 nitrogen and oxygen atoms in total. The maximum atomic E-state index is 5.51. The summed E-state index contributed by atoms with van der Waals surface area (Å²) in [6.07, 6.45) is 1.07. The standard InChI is InChI=1S/C10H18N2OS/c1-3-13-8(2)10(12-11)7-9-5-4-6-14-9/h4-6,8,10,12H,3,7,11H2,1-2H3. The van der Waals surface area contributed by atoms with Crippen LogP contribution >= 0.6 is 11.3 Å². The normalized spacial score (nSPS) is 15.4. The number of hydrogen-bond acceptors (Lipinski definition) is 4. The van der Waals surface area contributed by atoms with Gasteiger partial charge >= 0.3 is 0 Å². The van der Waals surface area contributed by atoms with Gasteiger partial charge in [0.05, 0.1) is 12.1 Å². The Morgan fingerprint density at radius 2 is 2.43 bits per heavy atom. The number of nitrogens with two attached hydrogens (primary N) is 1. The van der Waals surface area contributed by atoms with E-state index in [0.717, 1.165) is 13.0 Å². The van der Waals surface area contributed by atoms with E-state index in [-0.39, 0.29) is 12.1 Å². The summed E-state index contributed by atoms with van der Waals surface area (Å²) in [6, 6.07) is 4.36. The van der Waals surface area contributed by atoms with E-state index in [1.165, 1.54) is 4.88 Å². The summed E-state index contributed by atoms with van der Waals surface area (Å²) in [6.45, 7) is 4.76. The lowest BCUT2D eigenvalue weighted by Gasteiger charge is -2.22. The molecule has 0 aliphatic carbocycles. The first-order valence-corrected chi connectivity index (χ1v) is 5.76. The fourth-order valence-corrected chi connectivity index (χ4v) is 2.15. The van der Waals surface area contributed by atoms with Crippen LogP contribution in [0.1, 0.15) is 18.7 Å². The molecular formula is C10H18N2OS. The van der Waals surface area contributed by atoms with E-state index in [9.17, 15) is 0 Å². The predicted molar refractivity (Wildman–Crippen MR) is 60.2 cm³/mol. The van der Waals surface area contributed by atoms with Crippen LogP contribution in [0, 0.1) is 0 Å². The zero-order valence-electron chi connectivity index (χ0n) is 8.69. The molecule has 4 heteroatoms. The van der Waals surface area contributed by atoms with Crippen molar-refractivity contribution in [3.63, 3.8) is 0 Å². The van der Waals surface area contributed by atoms with Gasteiger partial charge in [0.15, 0.2) is 0 Å². The lowest BCUT2D eigenvalue weighted by Crippen LogP contribution is -2.45. The molecule has 3 N–H and O–H groups in total. The number of nitrogens with one attached hydrogen (secondary N) is 1. The Morgan fingerprint density at radius 1 is 1.64 bits per heavy atom. The zero-order valence-corrected chi connectivity index (χ0v) is 9.51. The third kappa shape index (κ3) is 3.38. The van der Waals surface area contributed by atoms with Crippen molar-refractivity contribution in [1.29, 1.82) is 0 Å². The lowest BCUT2D eigenvalue weighted by atomic mass is 10.1. The van der Waals surface area contributed by atoms with Gasteiger partial charge in [0, 0.05) is 17.9 Å². The van der Waals surface area contributed by atoms with Gasteiger partial charge in [-0.1, -0.05) is 6.07 Å². The molecule has 0 fully saturated rings. The van der Waals surface area contributed by atoms with Crippen molar-refractivity contribution in [3.8, 4) is 0 Å². The van der Waals surface area contributed by atoms with Crippen molar-refractivity contribution in [1.82, 2.24) is 5.43 Å². The average Bonchev–Trinajstić information content (AvgIpc) is 2.66. The average molecular weight is 214 g/mol. The van der Waals surface area contributed by atoms with Crippen molar-refractivity contribution in [2.45, 2.75) is 32.4 Å². The third-order valence-corrected chi connectivity index (χ3v) is 3.11. The summed E-state index contributed by atoms with van der Waals surface area (Å²) in [5.74, 6) is 5.50. The molecule has 0 bridgehead atoms. The van der Waals surface area contributed by atoms with Gasteiger partial charge in [0.2, 0.25) is 0 Å². The van der Waals surface area contributed by atoms with Crippen LogP contribution in [0.4, 0.5) is 0 Å². The highest BCUT2D eigenvalue weighted by Crippen LogP contribution is 2.13. The van der Waals surface area contributed by atoms with E-state index in [4.69, 9.17) is 10.6 Å². The molecule has 2 atom stereocenters. The SMILES string of the molecule is CCOC(C)C(Cc1cccs1)NN. The highest BCUT2D eigenvalue weighted by atomic mass is 32.1. The first kappa shape index (κ1) is 11.7. The molecule has 1 heterocycles. The zero-order chi connectivity index (χ0) is 10.4. The van der Waals surface area contributed by atoms with Gasteiger partial charge in [0.25, 0.3) is 0 Å². The molecule has 0 amide bonds. The largest absolute Gasteiger partial charge is 0.377 e. The number of hydrogen-bond donors (Lipinski definition) is 2. The van der Waals surface area contributed by atoms with Crippen molar-refractivity contribution < 1.29 is 4.74 Å². The molecule has 0 aliphatic heterocycles. The second-order valence-corrected chi connectivity index (χ2v) is 4.25. The minimum atomic E-state index is 0.145. The summed E-state index contributed by atoms with van der Waals surface area (Å²) in [4.78, 5) is 1.33. The van der Waals surface area contributed by atoms with Crippen molar-refractivity contribution in [2.24, 2.45) is 5.84 Å². The molecule has 80 valence electrons. The van der Waals surface area contributed by atoms with Crippen molar-refractivity contribution >= 4 is 11.3 Å². The fraction of sp³-hybridized carbons (Fsp3) is 0.600. The summed E-state index contributed by atoms with van der Waals surface area (Å²) < 4.78 is 5.51. The molecule has 0 aromatic carbocycles. The van der Waals surface area contributed by atoms with Gasteiger partial charge in [-0.3, -0.25) is 11.3 Å². The molecule has 1 rings (SSSR count). The van der Waals surface area contributed by atoms with E-state index in [0.29, 0.717) is 0 Å². The Bertz CT molecular complexity index is 238. The maximum Gasteiger partial charge on any atom is 0.0716 e. The van der Waals surface area contributed by atoms with Gasteiger partial charge in [-0.25, -0.2) is 0 Å². The van der Waals surface area contributed by atoms with Crippen LogP contribution in [0.2, 0.25) is 0 Å². The quantitative estimate of drug-likeness (QED) is 0.558. The van der Waals surface area contributed by atoms with Crippen LogP contribution in [0.3, 0.4) is 0 Å². The molecule has 1 aromatic heterocycles. The number of rotatable bonds is 6. The van der Waals surface area contributed by atoms with Crippen molar-refractivity contribution in [3.05, 3.63) is 22.4 Å². The first-order valence-electron chi connectivity index (χ1n) is 4.88. The number of thiophene rings is 1. The Kier molecular flexibility index (Phi) is 5.11. The summed E-state index contributed by atoms with van der Waals surface area (Å²) >= 11 is 1.75. The molecule has 14 heavy (non-hydrogen) atoms. The maximum absolute atomic E-state index is 5.51. The van der Waals surface area contributed by atoms with Crippen LogP contribution in [-0.2, 0) is 11.2 Å². The number of hydrazine groups is 1. The predicted octanol–water partition coefficient (Wildman–Crippen LogP) is 1.55. The Morgan fingerprint density at radius 3 is 2.93 bits per heavy atom.